The van der Waals surface area contributed by atoms with E-state index in [4.69, 9.17) is 0 Å². The SMILES string of the molecule is CCNC(=NCCCNS(=O)(=O)CC)NCCNC(=O)C1CC1.I. The van der Waals surface area contributed by atoms with Crippen LogP contribution >= 0.6 is 24.0 Å². The highest BCUT2D eigenvalue weighted by Crippen LogP contribution is 2.28. The Balaban J connectivity index is 0.00000529. The lowest BCUT2D eigenvalue weighted by Crippen LogP contribution is -2.41. The van der Waals surface area contributed by atoms with Gasteiger partial charge in [-0.3, -0.25) is 9.79 Å². The van der Waals surface area contributed by atoms with Crippen molar-refractivity contribution < 1.29 is 13.2 Å². The molecular weight excluding hydrogens is 445 g/mol. The van der Waals surface area contributed by atoms with Gasteiger partial charge in [0.2, 0.25) is 15.9 Å². The number of nitrogens with one attached hydrogen (secondary N) is 4. The van der Waals surface area contributed by atoms with E-state index in [0.29, 0.717) is 38.6 Å². The normalized spacial score (nSPS) is 14.7. The molecule has 4 N–H and O–H groups in total. The minimum atomic E-state index is -3.13. The molecule has 1 saturated carbocycles. The Morgan fingerprint density at radius 2 is 1.75 bits per heavy atom. The van der Waals surface area contributed by atoms with E-state index in [9.17, 15) is 13.2 Å². The second kappa shape index (κ2) is 12.7. The van der Waals surface area contributed by atoms with E-state index in [2.05, 4.69) is 25.7 Å². The first kappa shape index (κ1) is 23.4. The summed E-state index contributed by atoms with van der Waals surface area (Å²) in [6.07, 6.45) is 2.64. The Bertz CT molecular complexity index is 495. The molecule has 0 unspecified atom stereocenters. The number of carbonyl (C=O) groups is 1. The van der Waals surface area contributed by atoms with Gasteiger partial charge in [-0.1, -0.05) is 0 Å². The molecular formula is C14H30IN5O3S. The number of nitrogens with zero attached hydrogens (tertiary/aromatic N) is 1. The van der Waals surface area contributed by atoms with Crippen LogP contribution in [0.15, 0.2) is 4.99 Å². The number of carbonyl (C=O) groups excluding carboxylic acids is 1. The van der Waals surface area contributed by atoms with Crippen LogP contribution in [-0.2, 0) is 14.8 Å². The Labute approximate surface area is 162 Å². The van der Waals surface area contributed by atoms with Crippen molar-refractivity contribution in [1.82, 2.24) is 20.7 Å². The lowest BCUT2D eigenvalue weighted by molar-refractivity contribution is -0.122. The van der Waals surface area contributed by atoms with Gasteiger partial charge in [0.15, 0.2) is 5.96 Å². The summed E-state index contributed by atoms with van der Waals surface area (Å²) in [5, 5.41) is 9.13. The molecule has 1 amide bonds. The summed E-state index contributed by atoms with van der Waals surface area (Å²) in [4.78, 5) is 15.9. The zero-order valence-electron chi connectivity index (χ0n) is 14.4. The fourth-order valence-electron chi connectivity index (χ4n) is 1.80. The zero-order valence-corrected chi connectivity index (χ0v) is 17.6. The van der Waals surface area contributed by atoms with E-state index < -0.39 is 10.0 Å². The molecule has 0 aromatic heterocycles. The van der Waals surface area contributed by atoms with Crippen molar-refractivity contribution in [2.24, 2.45) is 10.9 Å². The van der Waals surface area contributed by atoms with Crippen molar-refractivity contribution in [3.05, 3.63) is 0 Å². The number of aliphatic imine (C=N–C) groups is 1. The van der Waals surface area contributed by atoms with Crippen molar-refractivity contribution in [3.8, 4) is 0 Å². The minimum Gasteiger partial charge on any atom is -0.357 e. The van der Waals surface area contributed by atoms with Gasteiger partial charge < -0.3 is 16.0 Å². The summed E-state index contributed by atoms with van der Waals surface area (Å²) >= 11 is 0. The summed E-state index contributed by atoms with van der Waals surface area (Å²) < 4.78 is 25.1. The van der Waals surface area contributed by atoms with Gasteiger partial charge in [0.05, 0.1) is 5.75 Å². The van der Waals surface area contributed by atoms with Gasteiger partial charge in [-0.2, -0.15) is 0 Å². The van der Waals surface area contributed by atoms with Crippen LogP contribution in [0.3, 0.4) is 0 Å². The molecule has 1 fully saturated rings. The van der Waals surface area contributed by atoms with Crippen molar-refractivity contribution in [1.29, 1.82) is 0 Å². The molecule has 0 saturated heterocycles. The van der Waals surface area contributed by atoms with Crippen LogP contribution in [0.1, 0.15) is 33.1 Å². The van der Waals surface area contributed by atoms with Crippen molar-refractivity contribution >= 4 is 45.9 Å². The minimum absolute atomic E-state index is 0. The van der Waals surface area contributed by atoms with E-state index in [1.54, 1.807) is 6.92 Å². The Hall–Kier alpha value is -0.620. The summed E-state index contributed by atoms with van der Waals surface area (Å²) in [7, 11) is -3.13. The Kier molecular flexibility index (Phi) is 12.4. The fourth-order valence-corrected chi connectivity index (χ4v) is 2.46. The van der Waals surface area contributed by atoms with E-state index >= 15 is 0 Å². The van der Waals surface area contributed by atoms with Crippen LogP contribution in [-0.4, -0.2) is 58.8 Å². The lowest BCUT2D eigenvalue weighted by atomic mass is 10.4. The zero-order chi connectivity index (χ0) is 17.1. The molecule has 0 radical (unpaired) electrons. The number of guanidine groups is 1. The summed E-state index contributed by atoms with van der Waals surface area (Å²) in [5.74, 6) is 1.12. The number of amides is 1. The van der Waals surface area contributed by atoms with E-state index in [1.807, 2.05) is 6.92 Å². The Morgan fingerprint density at radius 1 is 1.08 bits per heavy atom. The maximum atomic E-state index is 11.5. The van der Waals surface area contributed by atoms with Crippen LogP contribution in [0.4, 0.5) is 0 Å². The van der Waals surface area contributed by atoms with E-state index in [-0.39, 0.29) is 41.6 Å². The van der Waals surface area contributed by atoms with Gasteiger partial charge in [-0.15, -0.1) is 24.0 Å². The summed E-state index contributed by atoms with van der Waals surface area (Å²) in [6, 6.07) is 0. The molecule has 1 aliphatic rings. The van der Waals surface area contributed by atoms with Crippen LogP contribution in [0, 0.1) is 5.92 Å². The Morgan fingerprint density at radius 3 is 2.33 bits per heavy atom. The average molecular weight is 475 g/mol. The second-order valence-electron chi connectivity index (χ2n) is 5.40. The fraction of sp³-hybridized carbons (Fsp3) is 0.857. The van der Waals surface area contributed by atoms with Crippen LogP contribution < -0.4 is 20.7 Å². The smallest absolute Gasteiger partial charge is 0.223 e. The molecule has 0 atom stereocenters. The highest BCUT2D eigenvalue weighted by atomic mass is 127. The van der Waals surface area contributed by atoms with Crippen molar-refractivity contribution in [2.45, 2.75) is 33.1 Å². The second-order valence-corrected chi connectivity index (χ2v) is 7.50. The molecule has 0 aromatic carbocycles. The predicted molar refractivity (Wildman–Crippen MR) is 107 cm³/mol. The molecule has 142 valence electrons. The molecule has 0 heterocycles. The topological polar surface area (TPSA) is 112 Å². The molecule has 0 bridgehead atoms. The maximum absolute atomic E-state index is 11.5. The van der Waals surface area contributed by atoms with Gasteiger partial charge in [-0.05, 0) is 33.1 Å². The number of hydrogen-bond acceptors (Lipinski definition) is 4. The van der Waals surface area contributed by atoms with Gasteiger partial charge in [0.1, 0.15) is 0 Å². The van der Waals surface area contributed by atoms with Gasteiger partial charge in [0, 0.05) is 38.6 Å². The molecule has 10 heteroatoms. The molecule has 8 nitrogen and oxygen atoms in total. The molecule has 0 spiro atoms. The third kappa shape index (κ3) is 11.0. The quantitative estimate of drug-likeness (QED) is 0.146. The van der Waals surface area contributed by atoms with Crippen molar-refractivity contribution in [2.75, 3.05) is 38.5 Å². The number of halogens is 1. The average Bonchev–Trinajstić information content (AvgIpc) is 3.35. The largest absolute Gasteiger partial charge is 0.357 e. The van der Waals surface area contributed by atoms with Gasteiger partial charge in [-0.25, -0.2) is 13.1 Å². The third-order valence-corrected chi connectivity index (χ3v) is 4.72. The van der Waals surface area contributed by atoms with Crippen LogP contribution in [0.5, 0.6) is 0 Å². The molecule has 1 aliphatic carbocycles. The first-order valence-corrected chi connectivity index (χ1v) is 9.91. The maximum Gasteiger partial charge on any atom is 0.223 e. The monoisotopic (exact) mass is 475 g/mol. The van der Waals surface area contributed by atoms with Crippen molar-refractivity contribution in [3.63, 3.8) is 0 Å². The molecule has 0 aliphatic heterocycles. The van der Waals surface area contributed by atoms with Gasteiger partial charge in [0.25, 0.3) is 0 Å². The number of hydrogen-bond donors (Lipinski definition) is 4. The summed E-state index contributed by atoms with van der Waals surface area (Å²) in [5.41, 5.74) is 0. The molecule has 24 heavy (non-hydrogen) atoms. The number of rotatable bonds is 11. The lowest BCUT2D eigenvalue weighted by Gasteiger charge is -2.12. The first-order valence-electron chi connectivity index (χ1n) is 8.25. The number of sulfonamides is 1. The van der Waals surface area contributed by atoms with Crippen LogP contribution in [0.25, 0.3) is 0 Å². The van der Waals surface area contributed by atoms with Crippen LogP contribution in [0.2, 0.25) is 0 Å². The molecule has 0 aromatic rings. The first-order chi connectivity index (χ1) is 11.0. The summed E-state index contributed by atoms with van der Waals surface area (Å²) in [6.45, 7) is 6.40. The van der Waals surface area contributed by atoms with E-state index in [1.165, 1.54) is 0 Å². The standard InChI is InChI=1S/C14H29N5O3S.HI/c1-3-15-14(17-8-5-9-19-23(21,22)4-2)18-11-10-16-13(20)12-6-7-12;/h12,19H,3-11H2,1-2H3,(H,16,20)(H2,15,17,18);1H. The predicted octanol–water partition coefficient (Wildman–Crippen LogP) is 0.0151. The van der Waals surface area contributed by atoms with Gasteiger partial charge >= 0.3 is 0 Å². The molecule has 1 rings (SSSR count). The highest BCUT2D eigenvalue weighted by Gasteiger charge is 2.28. The highest BCUT2D eigenvalue weighted by molar-refractivity contribution is 14.0. The van der Waals surface area contributed by atoms with E-state index in [0.717, 1.165) is 19.4 Å². The third-order valence-electron chi connectivity index (χ3n) is 3.32.